The number of benzene rings is 1. The number of rotatable bonds is 7. The van der Waals surface area contributed by atoms with E-state index in [1.807, 2.05) is 25.1 Å². The van der Waals surface area contributed by atoms with Crippen molar-refractivity contribution in [3.63, 3.8) is 0 Å². The lowest BCUT2D eigenvalue weighted by Crippen LogP contribution is -2.34. The molecule has 1 rings (SSSR count). The van der Waals surface area contributed by atoms with Crippen molar-refractivity contribution in [1.82, 2.24) is 10.6 Å². The van der Waals surface area contributed by atoms with Gasteiger partial charge in [0.15, 0.2) is 0 Å². The zero-order valence-electron chi connectivity index (χ0n) is 10.8. The normalized spacial score (nSPS) is 10.2. The van der Waals surface area contributed by atoms with Gasteiger partial charge < -0.3 is 15.4 Å². The number of halogens is 1. The maximum absolute atomic E-state index is 11.4. The maximum atomic E-state index is 11.4. The van der Waals surface area contributed by atoms with Crippen LogP contribution >= 0.6 is 15.9 Å². The monoisotopic (exact) mass is 314 g/mol. The third kappa shape index (κ3) is 5.06. The van der Waals surface area contributed by atoms with E-state index in [1.165, 1.54) is 0 Å². The third-order valence-corrected chi connectivity index (χ3v) is 2.91. The first-order valence-electron chi connectivity index (χ1n) is 5.97. The Labute approximate surface area is 116 Å². The van der Waals surface area contributed by atoms with E-state index in [9.17, 15) is 4.79 Å². The van der Waals surface area contributed by atoms with Crippen LogP contribution in [0.25, 0.3) is 0 Å². The number of hydrogen-bond acceptors (Lipinski definition) is 3. The largest absolute Gasteiger partial charge is 0.496 e. The van der Waals surface area contributed by atoms with Crippen molar-refractivity contribution < 1.29 is 9.53 Å². The smallest absolute Gasteiger partial charge is 0.233 e. The molecule has 0 saturated heterocycles. The van der Waals surface area contributed by atoms with Crippen molar-refractivity contribution in [2.24, 2.45) is 0 Å². The summed E-state index contributed by atoms with van der Waals surface area (Å²) in [6, 6.07) is 5.81. The number of methoxy groups -OCH3 is 1. The zero-order valence-corrected chi connectivity index (χ0v) is 12.3. The van der Waals surface area contributed by atoms with Crippen molar-refractivity contribution in [2.75, 3.05) is 20.2 Å². The van der Waals surface area contributed by atoms with Crippen LogP contribution in [0.5, 0.6) is 5.75 Å². The summed E-state index contributed by atoms with van der Waals surface area (Å²) >= 11 is 3.42. The van der Waals surface area contributed by atoms with Crippen molar-refractivity contribution in [2.45, 2.75) is 19.9 Å². The molecule has 0 heterocycles. The minimum Gasteiger partial charge on any atom is -0.496 e. The molecule has 0 fully saturated rings. The van der Waals surface area contributed by atoms with Gasteiger partial charge in [0, 0.05) is 23.1 Å². The van der Waals surface area contributed by atoms with Gasteiger partial charge >= 0.3 is 0 Å². The SMILES string of the molecule is CCCNC(=O)CNCc1cc(Br)ccc1OC. The highest BCUT2D eigenvalue weighted by Gasteiger charge is 2.04. The summed E-state index contributed by atoms with van der Waals surface area (Å²) in [6.07, 6.45) is 0.950. The first-order chi connectivity index (χ1) is 8.67. The lowest BCUT2D eigenvalue weighted by Gasteiger charge is -2.10. The Hall–Kier alpha value is -1.07. The first kappa shape index (κ1) is 15.0. The van der Waals surface area contributed by atoms with Gasteiger partial charge in [0.2, 0.25) is 5.91 Å². The quantitative estimate of drug-likeness (QED) is 0.810. The standard InChI is InChI=1S/C13H19BrN2O2/c1-3-6-16-13(17)9-15-8-10-7-11(14)4-5-12(10)18-2/h4-5,7,15H,3,6,8-9H2,1-2H3,(H,16,17). The average Bonchev–Trinajstić information content (AvgIpc) is 2.36. The fourth-order valence-corrected chi connectivity index (χ4v) is 1.93. The van der Waals surface area contributed by atoms with Crippen molar-refractivity contribution in [3.8, 4) is 5.75 Å². The third-order valence-electron chi connectivity index (χ3n) is 2.42. The number of nitrogens with one attached hydrogen (secondary N) is 2. The van der Waals surface area contributed by atoms with E-state index < -0.39 is 0 Å². The average molecular weight is 315 g/mol. The molecule has 2 N–H and O–H groups in total. The first-order valence-corrected chi connectivity index (χ1v) is 6.76. The topological polar surface area (TPSA) is 50.4 Å². The van der Waals surface area contributed by atoms with E-state index in [4.69, 9.17) is 4.74 Å². The van der Waals surface area contributed by atoms with E-state index in [2.05, 4.69) is 26.6 Å². The molecule has 0 aliphatic heterocycles. The molecule has 100 valence electrons. The molecular formula is C13H19BrN2O2. The molecule has 5 heteroatoms. The van der Waals surface area contributed by atoms with Gasteiger partial charge in [-0.1, -0.05) is 22.9 Å². The second-order valence-electron chi connectivity index (χ2n) is 3.91. The van der Waals surface area contributed by atoms with Crippen LogP contribution in [0.2, 0.25) is 0 Å². The summed E-state index contributed by atoms with van der Waals surface area (Å²) in [5.41, 5.74) is 1.02. The highest BCUT2D eigenvalue weighted by atomic mass is 79.9. The Kier molecular flexibility index (Phi) is 6.75. The summed E-state index contributed by atoms with van der Waals surface area (Å²) < 4.78 is 6.26. The highest BCUT2D eigenvalue weighted by molar-refractivity contribution is 9.10. The van der Waals surface area contributed by atoms with Gasteiger partial charge in [-0.15, -0.1) is 0 Å². The maximum Gasteiger partial charge on any atom is 0.233 e. The molecule has 1 amide bonds. The van der Waals surface area contributed by atoms with E-state index >= 15 is 0 Å². The molecule has 0 spiro atoms. The van der Waals surface area contributed by atoms with Crippen molar-refractivity contribution >= 4 is 21.8 Å². The van der Waals surface area contributed by atoms with Gasteiger partial charge in [0.05, 0.1) is 13.7 Å². The molecule has 4 nitrogen and oxygen atoms in total. The molecule has 0 atom stereocenters. The van der Waals surface area contributed by atoms with Crippen LogP contribution < -0.4 is 15.4 Å². The van der Waals surface area contributed by atoms with Crippen LogP contribution in [-0.2, 0) is 11.3 Å². The molecule has 18 heavy (non-hydrogen) atoms. The summed E-state index contributed by atoms with van der Waals surface area (Å²) in [4.78, 5) is 11.4. The summed E-state index contributed by atoms with van der Waals surface area (Å²) in [5.74, 6) is 0.838. The van der Waals surface area contributed by atoms with E-state index in [-0.39, 0.29) is 5.91 Å². The minimum atomic E-state index is 0.0193. The second kappa shape index (κ2) is 8.11. The fourth-order valence-electron chi connectivity index (χ4n) is 1.52. The Bertz CT molecular complexity index is 397. The van der Waals surface area contributed by atoms with E-state index in [1.54, 1.807) is 7.11 Å². The lowest BCUT2D eigenvalue weighted by molar-refractivity contribution is -0.120. The minimum absolute atomic E-state index is 0.0193. The Morgan fingerprint density at radius 3 is 2.89 bits per heavy atom. The van der Waals surface area contributed by atoms with Crippen LogP contribution in [-0.4, -0.2) is 26.1 Å². The number of hydrogen-bond donors (Lipinski definition) is 2. The van der Waals surface area contributed by atoms with Gasteiger partial charge in [-0.3, -0.25) is 4.79 Å². The van der Waals surface area contributed by atoms with Gasteiger partial charge in [-0.25, -0.2) is 0 Å². The van der Waals surface area contributed by atoms with Crippen LogP contribution in [0.1, 0.15) is 18.9 Å². The van der Waals surface area contributed by atoms with Gasteiger partial charge in [-0.05, 0) is 24.6 Å². The van der Waals surface area contributed by atoms with Crippen molar-refractivity contribution in [1.29, 1.82) is 0 Å². The van der Waals surface area contributed by atoms with Crippen LogP contribution in [0, 0.1) is 0 Å². The van der Waals surface area contributed by atoms with Gasteiger partial charge in [0.25, 0.3) is 0 Å². The summed E-state index contributed by atoms with van der Waals surface area (Å²) in [5, 5.41) is 5.92. The molecule has 0 unspecified atom stereocenters. The second-order valence-corrected chi connectivity index (χ2v) is 4.83. The Balaban J connectivity index is 2.43. The lowest BCUT2D eigenvalue weighted by atomic mass is 10.2. The predicted molar refractivity (Wildman–Crippen MR) is 75.7 cm³/mol. The molecular weight excluding hydrogens is 296 g/mol. The Morgan fingerprint density at radius 2 is 2.22 bits per heavy atom. The van der Waals surface area contributed by atoms with E-state index in [0.29, 0.717) is 13.1 Å². The zero-order chi connectivity index (χ0) is 13.4. The summed E-state index contributed by atoms with van der Waals surface area (Å²) in [7, 11) is 1.64. The molecule has 0 saturated carbocycles. The molecule has 0 radical (unpaired) electrons. The van der Waals surface area contributed by atoms with Crippen LogP contribution in [0.3, 0.4) is 0 Å². The highest BCUT2D eigenvalue weighted by Crippen LogP contribution is 2.22. The number of carbonyl (C=O) groups excluding carboxylic acids is 1. The molecule has 0 aromatic heterocycles. The van der Waals surface area contributed by atoms with Gasteiger partial charge in [0.1, 0.15) is 5.75 Å². The molecule has 1 aromatic rings. The summed E-state index contributed by atoms with van der Waals surface area (Å²) in [6.45, 7) is 3.67. The van der Waals surface area contributed by atoms with Crippen LogP contribution in [0.4, 0.5) is 0 Å². The number of ether oxygens (including phenoxy) is 1. The molecule has 0 bridgehead atoms. The predicted octanol–water partition coefficient (Wildman–Crippen LogP) is 2.07. The van der Waals surface area contributed by atoms with Gasteiger partial charge in [-0.2, -0.15) is 0 Å². The number of carbonyl (C=O) groups is 1. The van der Waals surface area contributed by atoms with E-state index in [0.717, 1.165) is 28.8 Å². The number of amides is 1. The Morgan fingerprint density at radius 1 is 1.44 bits per heavy atom. The van der Waals surface area contributed by atoms with Crippen molar-refractivity contribution in [3.05, 3.63) is 28.2 Å². The molecule has 0 aliphatic carbocycles. The molecule has 0 aliphatic rings. The molecule has 1 aromatic carbocycles. The fraction of sp³-hybridized carbons (Fsp3) is 0.462. The van der Waals surface area contributed by atoms with Crippen LogP contribution in [0.15, 0.2) is 22.7 Å².